The van der Waals surface area contributed by atoms with E-state index >= 15 is 0 Å². The maximum absolute atomic E-state index is 12.5. The predicted octanol–water partition coefficient (Wildman–Crippen LogP) is 0.861. The zero-order valence-corrected chi connectivity index (χ0v) is 13.5. The van der Waals surface area contributed by atoms with E-state index in [1.807, 2.05) is 0 Å². The highest BCUT2D eigenvalue weighted by atomic mass is 79.9. The number of carbonyl (C=O) groups excluding carboxylic acids is 2. The van der Waals surface area contributed by atoms with E-state index in [1.54, 1.807) is 24.9 Å². The molecule has 0 radical (unpaired) electrons. The van der Waals surface area contributed by atoms with Gasteiger partial charge in [-0.1, -0.05) is 0 Å². The summed E-state index contributed by atoms with van der Waals surface area (Å²) in [4.78, 5) is 39.9. The lowest BCUT2D eigenvalue weighted by Crippen LogP contribution is -2.37. The van der Waals surface area contributed by atoms with Crippen molar-refractivity contribution >= 4 is 27.7 Å². The van der Waals surface area contributed by atoms with Gasteiger partial charge in [0.1, 0.15) is 12.1 Å². The fraction of sp³-hybridized carbons (Fsp3) is 0.500. The van der Waals surface area contributed by atoms with E-state index in [1.165, 1.54) is 9.47 Å². The summed E-state index contributed by atoms with van der Waals surface area (Å²) in [5.74, 6) is -0.415. The van der Waals surface area contributed by atoms with Crippen molar-refractivity contribution in [3.8, 4) is 0 Å². The number of carbonyl (C=O) groups is 2. The second-order valence-electron chi connectivity index (χ2n) is 5.59. The molecule has 2 amide bonds. The van der Waals surface area contributed by atoms with E-state index in [2.05, 4.69) is 15.9 Å². The van der Waals surface area contributed by atoms with Gasteiger partial charge < -0.3 is 14.4 Å². The molecule has 112 valence electrons. The van der Waals surface area contributed by atoms with Gasteiger partial charge in [0, 0.05) is 23.3 Å². The second kappa shape index (κ2) is 4.98. The van der Waals surface area contributed by atoms with E-state index in [-0.39, 0.29) is 42.2 Å². The quantitative estimate of drug-likeness (QED) is 0.792. The van der Waals surface area contributed by atoms with Crippen molar-refractivity contribution in [3.63, 3.8) is 0 Å². The fourth-order valence-corrected chi connectivity index (χ4v) is 3.01. The minimum atomic E-state index is -0.382. The van der Waals surface area contributed by atoms with Crippen LogP contribution in [0.2, 0.25) is 0 Å². The Morgan fingerprint density at radius 3 is 2.62 bits per heavy atom. The highest BCUT2D eigenvalue weighted by Crippen LogP contribution is 2.29. The molecule has 1 aromatic rings. The third kappa shape index (κ3) is 2.39. The molecule has 1 saturated carbocycles. The lowest BCUT2D eigenvalue weighted by Gasteiger charge is -2.18. The van der Waals surface area contributed by atoms with E-state index in [4.69, 9.17) is 0 Å². The zero-order valence-electron chi connectivity index (χ0n) is 11.9. The monoisotopic (exact) mass is 353 g/mol. The number of nitrogens with zero attached hydrogens (tertiary/aromatic N) is 3. The van der Waals surface area contributed by atoms with Crippen molar-refractivity contribution in [1.29, 1.82) is 0 Å². The molecule has 1 aliphatic carbocycles. The van der Waals surface area contributed by atoms with Crippen LogP contribution in [0.25, 0.3) is 0 Å². The molecular formula is C14H16BrN3O3. The molecule has 0 spiro atoms. The molecule has 3 rings (SSSR count). The first-order valence-corrected chi connectivity index (χ1v) is 7.64. The van der Waals surface area contributed by atoms with Gasteiger partial charge in [0.15, 0.2) is 0 Å². The molecule has 0 bridgehead atoms. The first-order valence-electron chi connectivity index (χ1n) is 6.85. The largest absolute Gasteiger partial charge is 0.320 e. The molecule has 6 nitrogen and oxygen atoms in total. The lowest BCUT2D eigenvalue weighted by molar-refractivity contribution is -0.127. The standard InChI is InChI=1S/C14H16BrN3O3/c1-8-11(15)5-10(13(20)16(8)2)14(21)17-6-12(19)18(7-17)9-3-4-9/h5,9H,3-4,6-7H2,1-2H3. The Bertz CT molecular complexity index is 693. The average Bonchev–Trinajstić information content (AvgIpc) is 3.22. The number of halogens is 1. The summed E-state index contributed by atoms with van der Waals surface area (Å²) >= 11 is 3.36. The maximum atomic E-state index is 12.5. The van der Waals surface area contributed by atoms with E-state index in [0.717, 1.165) is 18.5 Å². The third-order valence-electron chi connectivity index (χ3n) is 4.13. The summed E-state index contributed by atoms with van der Waals surface area (Å²) in [5, 5.41) is 0. The SMILES string of the molecule is Cc1c(Br)cc(C(=O)N2CC(=O)N(C3CC3)C2)c(=O)n1C. The molecule has 7 heteroatoms. The summed E-state index contributed by atoms with van der Waals surface area (Å²) < 4.78 is 2.14. The minimum Gasteiger partial charge on any atom is -0.320 e. The molecular weight excluding hydrogens is 338 g/mol. The van der Waals surface area contributed by atoms with Crippen LogP contribution >= 0.6 is 15.9 Å². The van der Waals surface area contributed by atoms with Gasteiger partial charge in [-0.2, -0.15) is 0 Å². The Balaban J connectivity index is 1.90. The van der Waals surface area contributed by atoms with Crippen LogP contribution in [-0.2, 0) is 11.8 Å². The molecule has 2 aliphatic rings. The molecule has 21 heavy (non-hydrogen) atoms. The van der Waals surface area contributed by atoms with Crippen molar-refractivity contribution in [2.75, 3.05) is 13.2 Å². The topological polar surface area (TPSA) is 62.6 Å². The normalized spacial score (nSPS) is 18.5. The number of aromatic nitrogens is 1. The number of hydrogen-bond donors (Lipinski definition) is 0. The highest BCUT2D eigenvalue weighted by Gasteiger charge is 2.40. The molecule has 0 unspecified atom stereocenters. The van der Waals surface area contributed by atoms with E-state index in [9.17, 15) is 14.4 Å². The zero-order chi connectivity index (χ0) is 15.3. The van der Waals surface area contributed by atoms with Gasteiger partial charge in [-0.15, -0.1) is 0 Å². The number of pyridine rings is 1. The third-order valence-corrected chi connectivity index (χ3v) is 4.93. The molecule has 0 N–H and O–H groups in total. The van der Waals surface area contributed by atoms with Crippen molar-refractivity contribution in [2.24, 2.45) is 7.05 Å². The minimum absolute atomic E-state index is 0.0335. The van der Waals surface area contributed by atoms with Crippen LogP contribution in [0.3, 0.4) is 0 Å². The number of hydrogen-bond acceptors (Lipinski definition) is 3. The molecule has 1 aromatic heterocycles. The fourth-order valence-electron chi connectivity index (χ4n) is 2.52. The predicted molar refractivity (Wildman–Crippen MR) is 79.9 cm³/mol. The van der Waals surface area contributed by atoms with Crippen LogP contribution in [-0.4, -0.2) is 45.4 Å². The highest BCUT2D eigenvalue weighted by molar-refractivity contribution is 9.10. The summed E-state index contributed by atoms with van der Waals surface area (Å²) in [6, 6.07) is 1.83. The number of rotatable bonds is 2. The van der Waals surface area contributed by atoms with Crippen LogP contribution in [0, 0.1) is 6.92 Å². The summed E-state index contributed by atoms with van der Waals surface area (Å²) in [7, 11) is 1.63. The molecule has 0 atom stereocenters. The van der Waals surface area contributed by atoms with Gasteiger partial charge in [0.25, 0.3) is 11.5 Å². The second-order valence-corrected chi connectivity index (χ2v) is 6.45. The molecule has 2 fully saturated rings. The van der Waals surface area contributed by atoms with Crippen LogP contribution in [0.1, 0.15) is 28.9 Å². The average molecular weight is 354 g/mol. The summed E-state index contributed by atoms with van der Waals surface area (Å²) in [6.45, 7) is 2.15. The molecule has 1 aliphatic heterocycles. The van der Waals surface area contributed by atoms with Gasteiger partial charge in [-0.3, -0.25) is 14.4 Å². The van der Waals surface area contributed by atoms with Crippen molar-refractivity contribution in [3.05, 3.63) is 32.2 Å². The Kier molecular flexibility index (Phi) is 3.39. The summed E-state index contributed by atoms with van der Waals surface area (Å²) in [6.07, 6.45) is 2.01. The van der Waals surface area contributed by atoms with Crippen LogP contribution < -0.4 is 5.56 Å². The molecule has 1 saturated heterocycles. The Hall–Kier alpha value is -1.63. The van der Waals surface area contributed by atoms with E-state index in [0.29, 0.717) is 4.47 Å². The molecule has 2 heterocycles. The van der Waals surface area contributed by atoms with Crippen molar-refractivity contribution in [2.45, 2.75) is 25.8 Å². The van der Waals surface area contributed by atoms with Crippen molar-refractivity contribution in [1.82, 2.24) is 14.4 Å². The first-order chi connectivity index (χ1) is 9.90. The van der Waals surface area contributed by atoms with E-state index < -0.39 is 0 Å². The lowest BCUT2D eigenvalue weighted by atomic mass is 10.2. The smallest absolute Gasteiger partial charge is 0.263 e. The van der Waals surface area contributed by atoms with Gasteiger partial charge in [0.2, 0.25) is 5.91 Å². The molecule has 0 aromatic carbocycles. The van der Waals surface area contributed by atoms with Gasteiger partial charge >= 0.3 is 0 Å². The Morgan fingerprint density at radius 1 is 1.33 bits per heavy atom. The Labute approximate surface area is 130 Å². The van der Waals surface area contributed by atoms with Gasteiger partial charge in [-0.05, 0) is 41.8 Å². The van der Waals surface area contributed by atoms with Crippen LogP contribution in [0.15, 0.2) is 15.3 Å². The Morgan fingerprint density at radius 2 is 2.00 bits per heavy atom. The van der Waals surface area contributed by atoms with Gasteiger partial charge in [-0.25, -0.2) is 0 Å². The van der Waals surface area contributed by atoms with Crippen molar-refractivity contribution < 1.29 is 9.59 Å². The maximum Gasteiger partial charge on any atom is 0.263 e. The summed E-state index contributed by atoms with van der Waals surface area (Å²) in [5.41, 5.74) is 0.520. The first kappa shape index (κ1) is 14.3. The van der Waals surface area contributed by atoms with Crippen LogP contribution in [0.5, 0.6) is 0 Å². The van der Waals surface area contributed by atoms with Gasteiger partial charge in [0.05, 0.1) is 6.67 Å². The number of amides is 2. The van der Waals surface area contributed by atoms with Crippen LogP contribution in [0.4, 0.5) is 0 Å².